The third-order valence-corrected chi connectivity index (χ3v) is 2.81. The van der Waals surface area contributed by atoms with Crippen LogP contribution in [-0.2, 0) is 0 Å². The van der Waals surface area contributed by atoms with Crippen LogP contribution in [0.25, 0.3) is 0 Å². The summed E-state index contributed by atoms with van der Waals surface area (Å²) in [6.45, 7) is 1.81. The quantitative estimate of drug-likeness (QED) is 0.894. The Morgan fingerprint density at radius 1 is 1.41 bits per heavy atom. The van der Waals surface area contributed by atoms with E-state index in [0.29, 0.717) is 16.0 Å². The molecule has 3 N–H and O–H groups in total. The largest absolute Gasteiger partial charge is 0.368 e. The number of nitrogens with one attached hydrogen (secondary N) is 1. The zero-order valence-corrected chi connectivity index (χ0v) is 10.6. The molecule has 0 unspecified atom stereocenters. The van der Waals surface area contributed by atoms with Crippen molar-refractivity contribution in [2.75, 3.05) is 11.1 Å². The van der Waals surface area contributed by atoms with Crippen molar-refractivity contribution in [3.8, 4) is 0 Å². The molecule has 2 aromatic rings. The molecule has 1 heterocycles. The van der Waals surface area contributed by atoms with Crippen LogP contribution < -0.4 is 11.1 Å². The molecule has 0 bridgehead atoms. The summed E-state index contributed by atoms with van der Waals surface area (Å²) >= 11 is 3.27. The van der Waals surface area contributed by atoms with Crippen molar-refractivity contribution in [1.29, 1.82) is 0 Å². The number of anilines is 3. The van der Waals surface area contributed by atoms with E-state index in [1.165, 1.54) is 12.3 Å². The minimum atomic E-state index is -0.339. The number of para-hydroxylation sites is 1. The van der Waals surface area contributed by atoms with Gasteiger partial charge in [-0.25, -0.2) is 9.37 Å². The summed E-state index contributed by atoms with van der Waals surface area (Å²) in [5.74, 6) is 0.226. The second-order valence-electron chi connectivity index (χ2n) is 3.48. The van der Waals surface area contributed by atoms with Crippen molar-refractivity contribution < 1.29 is 4.39 Å². The number of halogens is 2. The summed E-state index contributed by atoms with van der Waals surface area (Å²) in [6.07, 6.45) is 1.51. The Labute approximate surface area is 106 Å². The van der Waals surface area contributed by atoms with E-state index in [4.69, 9.17) is 5.73 Å². The Hall–Kier alpha value is -1.69. The first-order valence-electron chi connectivity index (χ1n) is 4.88. The van der Waals surface area contributed by atoms with Crippen LogP contribution in [0.4, 0.5) is 21.8 Å². The van der Waals surface area contributed by atoms with Gasteiger partial charge in [0.25, 0.3) is 0 Å². The fraction of sp³-hybridized carbons (Fsp3) is 0.0909. The van der Waals surface area contributed by atoms with Crippen LogP contribution in [0.5, 0.6) is 0 Å². The van der Waals surface area contributed by atoms with Gasteiger partial charge in [0.05, 0.1) is 10.2 Å². The summed E-state index contributed by atoms with van der Waals surface area (Å²) in [5.41, 5.74) is 6.65. The minimum absolute atomic E-state index is 0.129. The molecule has 4 nitrogen and oxygen atoms in total. The number of aryl methyl sites for hydroxylation is 1. The lowest BCUT2D eigenvalue weighted by molar-refractivity contribution is 0.630. The van der Waals surface area contributed by atoms with E-state index in [2.05, 4.69) is 31.2 Å². The Morgan fingerprint density at radius 2 is 2.18 bits per heavy atom. The Bertz CT molecular complexity index is 539. The lowest BCUT2D eigenvalue weighted by Crippen LogP contribution is -2.03. The predicted octanol–water partition coefficient (Wildman–Crippen LogP) is 3.01. The topological polar surface area (TPSA) is 63.8 Å². The van der Waals surface area contributed by atoms with E-state index in [9.17, 15) is 4.39 Å². The lowest BCUT2D eigenvalue weighted by Gasteiger charge is -2.11. The SMILES string of the molecule is Cc1cccc(F)c1Nc1nc(N)ncc1Br. The van der Waals surface area contributed by atoms with Crippen molar-refractivity contribution in [2.24, 2.45) is 0 Å². The first kappa shape index (κ1) is 11.8. The van der Waals surface area contributed by atoms with Crippen molar-refractivity contribution in [1.82, 2.24) is 9.97 Å². The number of aromatic nitrogens is 2. The van der Waals surface area contributed by atoms with Gasteiger partial charge in [0, 0.05) is 6.20 Å². The van der Waals surface area contributed by atoms with Gasteiger partial charge >= 0.3 is 0 Å². The maximum Gasteiger partial charge on any atom is 0.222 e. The monoisotopic (exact) mass is 296 g/mol. The number of nitrogens with two attached hydrogens (primary N) is 1. The molecule has 0 atom stereocenters. The van der Waals surface area contributed by atoms with Crippen LogP contribution in [0, 0.1) is 12.7 Å². The molecule has 0 aliphatic carbocycles. The molecule has 0 aliphatic heterocycles. The second-order valence-corrected chi connectivity index (χ2v) is 4.34. The fourth-order valence-electron chi connectivity index (χ4n) is 1.38. The lowest BCUT2D eigenvalue weighted by atomic mass is 10.2. The molecule has 0 aliphatic rings. The predicted molar refractivity (Wildman–Crippen MR) is 68.6 cm³/mol. The molecule has 88 valence electrons. The van der Waals surface area contributed by atoms with Crippen LogP contribution in [0.3, 0.4) is 0 Å². The van der Waals surface area contributed by atoms with E-state index in [1.807, 2.05) is 13.0 Å². The maximum atomic E-state index is 13.6. The zero-order chi connectivity index (χ0) is 12.4. The molecule has 0 saturated heterocycles. The standard InChI is InChI=1S/C11H10BrFN4/c1-6-3-2-4-8(13)9(6)16-10-7(12)5-15-11(14)17-10/h2-5H,1H3,(H3,14,15,16,17). The van der Waals surface area contributed by atoms with Gasteiger partial charge in [0.15, 0.2) is 0 Å². The molecule has 2 rings (SSSR count). The van der Waals surface area contributed by atoms with Gasteiger partial charge in [0.1, 0.15) is 11.6 Å². The van der Waals surface area contributed by atoms with Gasteiger partial charge in [-0.05, 0) is 34.5 Å². The average Bonchev–Trinajstić information content (AvgIpc) is 2.28. The highest BCUT2D eigenvalue weighted by Gasteiger charge is 2.09. The summed E-state index contributed by atoms with van der Waals surface area (Å²) in [7, 11) is 0. The first-order valence-corrected chi connectivity index (χ1v) is 5.67. The molecule has 0 radical (unpaired) electrons. The maximum absolute atomic E-state index is 13.6. The van der Waals surface area contributed by atoms with E-state index in [0.717, 1.165) is 5.56 Å². The third-order valence-electron chi connectivity index (χ3n) is 2.23. The third kappa shape index (κ3) is 2.52. The van der Waals surface area contributed by atoms with Gasteiger partial charge < -0.3 is 11.1 Å². The van der Waals surface area contributed by atoms with Gasteiger partial charge in [0.2, 0.25) is 5.95 Å². The molecule has 1 aromatic heterocycles. The number of nitrogens with zero attached hydrogens (tertiary/aromatic N) is 2. The summed E-state index contributed by atoms with van der Waals surface area (Å²) in [4.78, 5) is 7.80. The van der Waals surface area contributed by atoms with Crippen LogP contribution in [-0.4, -0.2) is 9.97 Å². The van der Waals surface area contributed by atoms with Crippen molar-refractivity contribution in [3.63, 3.8) is 0 Å². The molecule has 17 heavy (non-hydrogen) atoms. The fourth-order valence-corrected chi connectivity index (χ4v) is 1.67. The molecular weight excluding hydrogens is 287 g/mol. The van der Waals surface area contributed by atoms with Gasteiger partial charge in [-0.3, -0.25) is 0 Å². The molecule has 0 fully saturated rings. The highest BCUT2D eigenvalue weighted by atomic mass is 79.9. The number of benzene rings is 1. The van der Waals surface area contributed by atoms with Gasteiger partial charge in [-0.15, -0.1) is 0 Å². The van der Waals surface area contributed by atoms with Gasteiger partial charge in [-0.2, -0.15) is 4.98 Å². The van der Waals surface area contributed by atoms with E-state index >= 15 is 0 Å². The average molecular weight is 297 g/mol. The number of nitrogen functional groups attached to an aromatic ring is 1. The molecule has 1 aromatic carbocycles. The molecule has 0 amide bonds. The first-order chi connectivity index (χ1) is 8.08. The van der Waals surface area contributed by atoms with Crippen LogP contribution >= 0.6 is 15.9 Å². The summed E-state index contributed by atoms with van der Waals surface area (Å²) in [5, 5.41) is 2.90. The Morgan fingerprint density at radius 3 is 2.88 bits per heavy atom. The van der Waals surface area contributed by atoms with Crippen LogP contribution in [0.1, 0.15) is 5.56 Å². The van der Waals surface area contributed by atoms with Crippen LogP contribution in [0.2, 0.25) is 0 Å². The van der Waals surface area contributed by atoms with Crippen LogP contribution in [0.15, 0.2) is 28.9 Å². The van der Waals surface area contributed by atoms with E-state index in [1.54, 1.807) is 6.07 Å². The Balaban J connectivity index is 2.41. The highest BCUT2D eigenvalue weighted by Crippen LogP contribution is 2.27. The number of hydrogen-bond acceptors (Lipinski definition) is 4. The zero-order valence-electron chi connectivity index (χ0n) is 9.04. The van der Waals surface area contributed by atoms with Crippen molar-refractivity contribution >= 4 is 33.4 Å². The van der Waals surface area contributed by atoms with E-state index < -0.39 is 0 Å². The molecule has 6 heteroatoms. The molecule has 0 saturated carbocycles. The molecular formula is C11H10BrFN4. The highest BCUT2D eigenvalue weighted by molar-refractivity contribution is 9.10. The van der Waals surface area contributed by atoms with Crippen molar-refractivity contribution in [2.45, 2.75) is 6.92 Å². The normalized spacial score (nSPS) is 10.3. The number of rotatable bonds is 2. The smallest absolute Gasteiger partial charge is 0.222 e. The van der Waals surface area contributed by atoms with E-state index in [-0.39, 0.29) is 11.8 Å². The molecule has 0 spiro atoms. The van der Waals surface area contributed by atoms with Crippen molar-refractivity contribution in [3.05, 3.63) is 40.2 Å². The minimum Gasteiger partial charge on any atom is -0.368 e. The summed E-state index contributed by atoms with van der Waals surface area (Å²) in [6, 6.07) is 4.84. The second kappa shape index (κ2) is 4.67. The van der Waals surface area contributed by atoms with Gasteiger partial charge in [-0.1, -0.05) is 12.1 Å². The number of hydrogen-bond donors (Lipinski definition) is 2. The Kier molecular flexibility index (Phi) is 3.23. The summed E-state index contributed by atoms with van der Waals surface area (Å²) < 4.78 is 14.2.